The zero-order valence-electron chi connectivity index (χ0n) is 12.4. The molecule has 2 aromatic rings. The summed E-state index contributed by atoms with van der Waals surface area (Å²) in [6.45, 7) is 0. The van der Waals surface area contributed by atoms with Crippen molar-refractivity contribution in [2.75, 3.05) is 12.4 Å². The minimum Gasteiger partial charge on any atom is -0.497 e. The standard InChI is InChI=1S/C19H18FNO/c1-22-12-9-10-18-16(11-12)13-6-4-7-14(13)19(21-18)15-5-2-3-8-17(15)20/h2-6,8-11,13-14,19,21H,7H2,1H3/t13-,14+,19+/m1/s1. The first-order valence-corrected chi connectivity index (χ1v) is 7.63. The summed E-state index contributed by atoms with van der Waals surface area (Å²) in [5, 5.41) is 3.54. The Bertz CT molecular complexity index is 740. The molecule has 0 saturated carbocycles. The van der Waals surface area contributed by atoms with Crippen molar-refractivity contribution >= 4 is 5.69 Å². The van der Waals surface area contributed by atoms with Gasteiger partial charge in [0, 0.05) is 17.2 Å². The van der Waals surface area contributed by atoms with Crippen molar-refractivity contribution in [2.45, 2.75) is 18.4 Å². The zero-order valence-corrected chi connectivity index (χ0v) is 12.4. The summed E-state index contributed by atoms with van der Waals surface area (Å²) in [5.74, 6) is 1.39. The van der Waals surface area contributed by atoms with Crippen LogP contribution in [0.2, 0.25) is 0 Å². The van der Waals surface area contributed by atoms with Gasteiger partial charge < -0.3 is 10.1 Å². The molecular formula is C19H18FNO. The van der Waals surface area contributed by atoms with Crippen molar-refractivity contribution in [1.29, 1.82) is 0 Å². The Balaban J connectivity index is 1.80. The highest BCUT2D eigenvalue weighted by molar-refractivity contribution is 5.61. The van der Waals surface area contributed by atoms with Crippen LogP contribution in [0.1, 0.15) is 29.5 Å². The molecular weight excluding hydrogens is 277 g/mol. The second-order valence-corrected chi connectivity index (χ2v) is 5.95. The van der Waals surface area contributed by atoms with E-state index in [0.29, 0.717) is 11.8 Å². The van der Waals surface area contributed by atoms with Gasteiger partial charge in [-0.25, -0.2) is 4.39 Å². The molecule has 1 heterocycles. The maximum atomic E-state index is 14.2. The molecule has 0 aromatic heterocycles. The van der Waals surface area contributed by atoms with Gasteiger partial charge in [0.1, 0.15) is 11.6 Å². The van der Waals surface area contributed by atoms with E-state index in [1.165, 1.54) is 11.6 Å². The summed E-state index contributed by atoms with van der Waals surface area (Å²) < 4.78 is 19.6. The minimum atomic E-state index is -0.136. The molecule has 0 fully saturated rings. The molecule has 112 valence electrons. The van der Waals surface area contributed by atoms with Gasteiger partial charge in [0.25, 0.3) is 0 Å². The molecule has 0 bridgehead atoms. The van der Waals surface area contributed by atoms with E-state index >= 15 is 0 Å². The van der Waals surface area contributed by atoms with Gasteiger partial charge in [-0.1, -0.05) is 30.4 Å². The average Bonchev–Trinajstić information content (AvgIpc) is 3.04. The van der Waals surface area contributed by atoms with E-state index in [0.717, 1.165) is 23.4 Å². The van der Waals surface area contributed by atoms with Crippen molar-refractivity contribution in [3.63, 3.8) is 0 Å². The smallest absolute Gasteiger partial charge is 0.128 e. The first-order chi connectivity index (χ1) is 10.8. The second kappa shape index (κ2) is 5.16. The van der Waals surface area contributed by atoms with E-state index in [1.54, 1.807) is 13.2 Å². The molecule has 3 heteroatoms. The van der Waals surface area contributed by atoms with Crippen LogP contribution in [-0.4, -0.2) is 7.11 Å². The lowest BCUT2D eigenvalue weighted by atomic mass is 9.77. The highest BCUT2D eigenvalue weighted by Gasteiger charge is 2.38. The first kappa shape index (κ1) is 13.4. The predicted molar refractivity (Wildman–Crippen MR) is 85.7 cm³/mol. The van der Waals surface area contributed by atoms with Gasteiger partial charge in [-0.3, -0.25) is 0 Å². The number of benzene rings is 2. The van der Waals surface area contributed by atoms with Crippen LogP contribution in [0, 0.1) is 11.7 Å². The number of allylic oxidation sites excluding steroid dienone is 2. The first-order valence-electron chi connectivity index (χ1n) is 7.63. The van der Waals surface area contributed by atoms with Crippen LogP contribution in [0.5, 0.6) is 5.75 Å². The van der Waals surface area contributed by atoms with Gasteiger partial charge >= 0.3 is 0 Å². The summed E-state index contributed by atoms with van der Waals surface area (Å²) in [6.07, 6.45) is 5.42. The quantitative estimate of drug-likeness (QED) is 0.814. The predicted octanol–water partition coefficient (Wildman–Crippen LogP) is 4.66. The van der Waals surface area contributed by atoms with Gasteiger partial charge in [-0.2, -0.15) is 0 Å². The lowest BCUT2D eigenvalue weighted by Crippen LogP contribution is -2.29. The fraction of sp³-hybridized carbons (Fsp3) is 0.263. The molecule has 0 amide bonds. The van der Waals surface area contributed by atoms with Crippen LogP contribution >= 0.6 is 0 Å². The number of halogens is 1. The average molecular weight is 295 g/mol. The summed E-state index contributed by atoms with van der Waals surface area (Å²) >= 11 is 0. The van der Waals surface area contributed by atoms with Gasteiger partial charge in [0.05, 0.1) is 13.2 Å². The van der Waals surface area contributed by atoms with Gasteiger partial charge in [0.15, 0.2) is 0 Å². The van der Waals surface area contributed by atoms with E-state index in [9.17, 15) is 4.39 Å². The normalized spacial score (nSPS) is 25.3. The largest absolute Gasteiger partial charge is 0.497 e. The number of fused-ring (bicyclic) bond motifs is 3. The fourth-order valence-electron chi connectivity index (χ4n) is 3.73. The van der Waals surface area contributed by atoms with Crippen molar-refractivity contribution in [1.82, 2.24) is 0 Å². The molecule has 4 rings (SSSR count). The van der Waals surface area contributed by atoms with Crippen molar-refractivity contribution in [3.05, 3.63) is 71.6 Å². The topological polar surface area (TPSA) is 21.3 Å². The Morgan fingerprint density at radius 3 is 2.82 bits per heavy atom. The van der Waals surface area contributed by atoms with Crippen LogP contribution in [0.25, 0.3) is 0 Å². The highest BCUT2D eigenvalue weighted by atomic mass is 19.1. The number of nitrogens with one attached hydrogen (secondary N) is 1. The van der Waals surface area contributed by atoms with E-state index < -0.39 is 0 Å². The van der Waals surface area contributed by atoms with Gasteiger partial charge in [-0.15, -0.1) is 0 Å². The van der Waals surface area contributed by atoms with Gasteiger partial charge in [0.2, 0.25) is 0 Å². The fourth-order valence-corrected chi connectivity index (χ4v) is 3.73. The summed E-state index contributed by atoms with van der Waals surface area (Å²) in [6, 6.07) is 13.1. The molecule has 1 aliphatic carbocycles. The monoisotopic (exact) mass is 295 g/mol. The third-order valence-electron chi connectivity index (χ3n) is 4.81. The number of hydrogen-bond acceptors (Lipinski definition) is 2. The van der Waals surface area contributed by atoms with Crippen LogP contribution in [0.4, 0.5) is 10.1 Å². The molecule has 2 aromatic carbocycles. The minimum absolute atomic E-state index is 0.00194. The van der Waals surface area contributed by atoms with Crippen molar-refractivity contribution in [3.8, 4) is 5.75 Å². The van der Waals surface area contributed by atoms with E-state index in [1.807, 2.05) is 24.3 Å². The highest BCUT2D eigenvalue weighted by Crippen LogP contribution is 2.50. The summed E-state index contributed by atoms with van der Waals surface area (Å²) in [7, 11) is 1.68. The van der Waals surface area contributed by atoms with Crippen molar-refractivity contribution < 1.29 is 9.13 Å². The van der Waals surface area contributed by atoms with E-state index in [-0.39, 0.29) is 11.9 Å². The summed E-state index contributed by atoms with van der Waals surface area (Å²) in [4.78, 5) is 0. The molecule has 1 N–H and O–H groups in total. The molecule has 22 heavy (non-hydrogen) atoms. The zero-order chi connectivity index (χ0) is 15.1. The Kier molecular flexibility index (Phi) is 3.14. The molecule has 2 aliphatic rings. The number of ether oxygens (including phenoxy) is 1. The molecule has 3 atom stereocenters. The van der Waals surface area contributed by atoms with Crippen LogP contribution < -0.4 is 10.1 Å². The molecule has 0 spiro atoms. The summed E-state index contributed by atoms with van der Waals surface area (Å²) in [5.41, 5.74) is 3.07. The number of hydrogen-bond donors (Lipinski definition) is 1. The Labute approximate surface area is 129 Å². The number of rotatable bonds is 2. The molecule has 0 saturated heterocycles. The Hall–Kier alpha value is -2.29. The Morgan fingerprint density at radius 1 is 1.14 bits per heavy atom. The van der Waals surface area contributed by atoms with E-state index in [4.69, 9.17) is 4.74 Å². The lowest BCUT2D eigenvalue weighted by molar-refractivity contribution is 0.401. The van der Waals surface area contributed by atoms with E-state index in [2.05, 4.69) is 23.5 Å². The SMILES string of the molecule is COc1ccc2c(c1)[C@@H]1C=CC[C@@H]1[C@@H](c1ccccc1F)N2. The number of anilines is 1. The Morgan fingerprint density at radius 2 is 2.00 bits per heavy atom. The lowest BCUT2D eigenvalue weighted by Gasteiger charge is -2.37. The maximum absolute atomic E-state index is 14.2. The maximum Gasteiger partial charge on any atom is 0.128 e. The molecule has 1 aliphatic heterocycles. The third kappa shape index (κ3) is 2.00. The van der Waals surface area contributed by atoms with Crippen LogP contribution in [-0.2, 0) is 0 Å². The number of methoxy groups -OCH3 is 1. The second-order valence-electron chi connectivity index (χ2n) is 5.95. The van der Waals surface area contributed by atoms with Crippen LogP contribution in [0.15, 0.2) is 54.6 Å². The third-order valence-corrected chi connectivity index (χ3v) is 4.81. The molecule has 2 nitrogen and oxygen atoms in total. The van der Waals surface area contributed by atoms with Crippen LogP contribution in [0.3, 0.4) is 0 Å². The molecule has 0 radical (unpaired) electrons. The molecule has 0 unspecified atom stereocenters. The van der Waals surface area contributed by atoms with Gasteiger partial charge in [-0.05, 0) is 42.2 Å². The van der Waals surface area contributed by atoms with Crippen molar-refractivity contribution in [2.24, 2.45) is 5.92 Å².